The molecule has 3 nitrogen and oxygen atoms in total. The lowest BCUT2D eigenvalue weighted by molar-refractivity contribution is -0.142. The summed E-state index contributed by atoms with van der Waals surface area (Å²) in [5.74, 6) is -0.820. The van der Waals surface area contributed by atoms with Gasteiger partial charge in [0.15, 0.2) is 0 Å². The maximum absolute atomic E-state index is 11.2. The van der Waals surface area contributed by atoms with Crippen LogP contribution in [-0.4, -0.2) is 35.3 Å². The lowest BCUT2D eigenvalue weighted by atomic mass is 10.1. The summed E-state index contributed by atoms with van der Waals surface area (Å²) in [5, 5.41) is 9.70. The van der Waals surface area contributed by atoms with E-state index >= 15 is 0 Å². The van der Waals surface area contributed by atoms with Crippen molar-refractivity contribution in [3.8, 4) is 0 Å². The van der Waals surface area contributed by atoms with Crippen molar-refractivity contribution in [1.29, 1.82) is 0 Å². The molecule has 4 heteroatoms. The van der Waals surface area contributed by atoms with E-state index in [9.17, 15) is 4.79 Å². The third-order valence-corrected chi connectivity index (χ3v) is 3.33. The standard InChI is InChI=1S/C13H19NO2S/c1-9(2)17-11-7-5-10(6-8-11)12(13(15)16)14(3)4/h5-9,12H,1-4H3,(H,15,16). The van der Waals surface area contributed by atoms with Crippen LogP contribution < -0.4 is 0 Å². The highest BCUT2D eigenvalue weighted by molar-refractivity contribution is 7.99. The van der Waals surface area contributed by atoms with Crippen molar-refractivity contribution in [3.63, 3.8) is 0 Å². The Kier molecular flexibility index (Phi) is 5.02. The average Bonchev–Trinajstić information content (AvgIpc) is 2.18. The Balaban J connectivity index is 2.88. The molecule has 1 atom stereocenters. The minimum Gasteiger partial charge on any atom is -0.480 e. The maximum Gasteiger partial charge on any atom is 0.325 e. The highest BCUT2D eigenvalue weighted by atomic mass is 32.2. The summed E-state index contributed by atoms with van der Waals surface area (Å²) in [6.07, 6.45) is 0. The van der Waals surface area contributed by atoms with Gasteiger partial charge < -0.3 is 5.11 Å². The monoisotopic (exact) mass is 253 g/mol. The molecule has 0 aromatic heterocycles. The summed E-state index contributed by atoms with van der Waals surface area (Å²) in [7, 11) is 3.55. The fraction of sp³-hybridized carbons (Fsp3) is 0.462. The maximum atomic E-state index is 11.2. The molecule has 0 amide bonds. The highest BCUT2D eigenvalue weighted by Gasteiger charge is 2.21. The predicted molar refractivity (Wildman–Crippen MR) is 71.5 cm³/mol. The molecular formula is C13H19NO2S. The summed E-state index contributed by atoms with van der Waals surface area (Å²) >= 11 is 1.77. The minimum absolute atomic E-state index is 0.532. The fourth-order valence-electron chi connectivity index (χ4n) is 1.66. The van der Waals surface area contributed by atoms with Crippen molar-refractivity contribution in [3.05, 3.63) is 29.8 Å². The molecule has 0 saturated carbocycles. The van der Waals surface area contributed by atoms with Gasteiger partial charge in [-0.15, -0.1) is 11.8 Å². The Morgan fingerprint density at radius 1 is 1.24 bits per heavy atom. The largest absolute Gasteiger partial charge is 0.480 e. The molecule has 0 radical (unpaired) electrons. The van der Waals surface area contributed by atoms with Crippen molar-refractivity contribution in [2.45, 2.75) is 30.0 Å². The smallest absolute Gasteiger partial charge is 0.325 e. The third-order valence-electron chi connectivity index (χ3n) is 2.32. The van der Waals surface area contributed by atoms with Gasteiger partial charge in [-0.1, -0.05) is 26.0 Å². The van der Waals surface area contributed by atoms with E-state index in [1.807, 2.05) is 24.3 Å². The van der Waals surface area contributed by atoms with E-state index in [4.69, 9.17) is 5.11 Å². The molecular weight excluding hydrogens is 234 g/mol. The molecule has 1 unspecified atom stereocenters. The van der Waals surface area contributed by atoms with Gasteiger partial charge in [0.1, 0.15) is 6.04 Å². The lowest BCUT2D eigenvalue weighted by Crippen LogP contribution is -2.27. The zero-order valence-corrected chi connectivity index (χ0v) is 11.5. The van der Waals surface area contributed by atoms with Gasteiger partial charge in [0.25, 0.3) is 0 Å². The first-order chi connectivity index (χ1) is 7.91. The van der Waals surface area contributed by atoms with Crippen LogP contribution >= 0.6 is 11.8 Å². The molecule has 0 aliphatic carbocycles. The van der Waals surface area contributed by atoms with Crippen LogP contribution in [0.2, 0.25) is 0 Å². The van der Waals surface area contributed by atoms with Crippen molar-refractivity contribution in [2.75, 3.05) is 14.1 Å². The van der Waals surface area contributed by atoms with Crippen LogP contribution in [0.25, 0.3) is 0 Å². The first-order valence-electron chi connectivity index (χ1n) is 5.57. The van der Waals surface area contributed by atoms with E-state index in [1.165, 1.54) is 4.90 Å². The second kappa shape index (κ2) is 6.07. The van der Waals surface area contributed by atoms with Gasteiger partial charge in [0, 0.05) is 10.1 Å². The normalized spacial score (nSPS) is 13.1. The van der Waals surface area contributed by atoms with Gasteiger partial charge in [-0.2, -0.15) is 0 Å². The molecule has 94 valence electrons. The van der Waals surface area contributed by atoms with Crippen molar-refractivity contribution in [2.24, 2.45) is 0 Å². The summed E-state index contributed by atoms with van der Waals surface area (Å²) in [4.78, 5) is 14.0. The Bertz CT molecular complexity index is 374. The molecule has 0 aliphatic rings. The van der Waals surface area contributed by atoms with E-state index < -0.39 is 12.0 Å². The summed E-state index contributed by atoms with van der Waals surface area (Å²) in [6, 6.07) is 7.18. The van der Waals surface area contributed by atoms with Crippen LogP contribution in [0, 0.1) is 0 Å². The predicted octanol–water partition coefficient (Wildman–Crippen LogP) is 2.87. The number of aliphatic carboxylic acids is 1. The number of hydrogen-bond donors (Lipinski definition) is 1. The number of likely N-dealkylation sites (N-methyl/N-ethyl adjacent to an activating group) is 1. The number of rotatable bonds is 5. The van der Waals surface area contributed by atoms with Crippen molar-refractivity contribution in [1.82, 2.24) is 4.90 Å². The second-order valence-corrected chi connectivity index (χ2v) is 6.09. The van der Waals surface area contributed by atoms with Crippen LogP contribution in [-0.2, 0) is 4.79 Å². The minimum atomic E-state index is -0.820. The summed E-state index contributed by atoms with van der Waals surface area (Å²) in [6.45, 7) is 4.27. The number of hydrogen-bond acceptors (Lipinski definition) is 3. The van der Waals surface area contributed by atoms with Gasteiger partial charge in [-0.3, -0.25) is 9.69 Å². The number of thioether (sulfide) groups is 1. The molecule has 0 spiro atoms. The quantitative estimate of drug-likeness (QED) is 0.819. The van der Waals surface area contributed by atoms with Gasteiger partial charge in [0.05, 0.1) is 0 Å². The molecule has 0 aliphatic heterocycles. The lowest BCUT2D eigenvalue weighted by Gasteiger charge is -2.20. The first-order valence-corrected chi connectivity index (χ1v) is 6.45. The van der Waals surface area contributed by atoms with E-state index in [2.05, 4.69) is 13.8 Å². The molecule has 1 rings (SSSR count). The van der Waals surface area contributed by atoms with Gasteiger partial charge in [-0.25, -0.2) is 0 Å². The number of benzene rings is 1. The SMILES string of the molecule is CC(C)Sc1ccc(C(C(=O)O)N(C)C)cc1. The van der Waals surface area contributed by atoms with Crippen LogP contribution in [0.5, 0.6) is 0 Å². The second-order valence-electron chi connectivity index (χ2n) is 4.44. The van der Waals surface area contributed by atoms with Crippen molar-refractivity contribution >= 4 is 17.7 Å². The Labute approximate surface area is 107 Å². The van der Waals surface area contributed by atoms with Crippen molar-refractivity contribution < 1.29 is 9.90 Å². The van der Waals surface area contributed by atoms with Crippen LogP contribution in [0.4, 0.5) is 0 Å². The molecule has 1 N–H and O–H groups in total. The molecule has 1 aromatic carbocycles. The Morgan fingerprint density at radius 3 is 2.12 bits per heavy atom. The zero-order chi connectivity index (χ0) is 13.0. The number of carbonyl (C=O) groups is 1. The van der Waals surface area contributed by atoms with Gasteiger partial charge >= 0.3 is 5.97 Å². The van der Waals surface area contributed by atoms with E-state index in [0.717, 1.165) is 5.56 Å². The summed E-state index contributed by atoms with van der Waals surface area (Å²) < 4.78 is 0. The molecule has 17 heavy (non-hydrogen) atoms. The van der Waals surface area contributed by atoms with E-state index in [0.29, 0.717) is 5.25 Å². The number of carboxylic acid groups (broad SMARTS) is 1. The van der Waals surface area contributed by atoms with Crippen LogP contribution in [0.3, 0.4) is 0 Å². The molecule has 0 bridgehead atoms. The third kappa shape index (κ3) is 4.06. The summed E-state index contributed by atoms with van der Waals surface area (Å²) in [5.41, 5.74) is 0.815. The van der Waals surface area contributed by atoms with E-state index in [1.54, 1.807) is 30.8 Å². The first kappa shape index (κ1) is 14.1. The Hall–Kier alpha value is -1.00. The number of carboxylic acids is 1. The average molecular weight is 253 g/mol. The zero-order valence-electron chi connectivity index (χ0n) is 10.7. The fourth-order valence-corrected chi connectivity index (χ4v) is 2.50. The van der Waals surface area contributed by atoms with Crippen LogP contribution in [0.1, 0.15) is 25.5 Å². The molecule has 1 aromatic rings. The topological polar surface area (TPSA) is 40.5 Å². The highest BCUT2D eigenvalue weighted by Crippen LogP contribution is 2.25. The van der Waals surface area contributed by atoms with E-state index in [-0.39, 0.29) is 0 Å². The molecule has 0 saturated heterocycles. The number of nitrogens with zero attached hydrogens (tertiary/aromatic N) is 1. The van der Waals surface area contributed by atoms with Gasteiger partial charge in [0.2, 0.25) is 0 Å². The molecule has 0 fully saturated rings. The van der Waals surface area contributed by atoms with Gasteiger partial charge in [-0.05, 0) is 31.8 Å². The molecule has 0 heterocycles. The Morgan fingerprint density at radius 2 is 1.76 bits per heavy atom. The van der Waals surface area contributed by atoms with Crippen LogP contribution in [0.15, 0.2) is 29.2 Å².